The molecule has 19 heteroatoms. The van der Waals surface area contributed by atoms with E-state index in [1.807, 2.05) is 58.6 Å². The summed E-state index contributed by atoms with van der Waals surface area (Å²) in [6.07, 6.45) is 0.134. The van der Waals surface area contributed by atoms with E-state index < -0.39 is 113 Å². The topological polar surface area (TPSA) is 204 Å². The van der Waals surface area contributed by atoms with Crippen LogP contribution >= 0.6 is 20.8 Å². The number of methoxy groups -OCH3 is 1. The van der Waals surface area contributed by atoms with Gasteiger partial charge in [0.05, 0.1) is 47.6 Å². The van der Waals surface area contributed by atoms with Gasteiger partial charge in [-0.2, -0.15) is 0 Å². The molecule has 4 N–H and O–H groups in total. The quantitative estimate of drug-likeness (QED) is 0.0375. The summed E-state index contributed by atoms with van der Waals surface area (Å²) in [5, 5.41) is 40.2. The predicted molar refractivity (Wildman–Crippen MR) is 332 cm³/mol. The molecule has 3 aliphatic heterocycles. The van der Waals surface area contributed by atoms with Crippen LogP contribution in [0.2, 0.25) is 0 Å². The third-order valence-electron chi connectivity index (χ3n) is 18.4. The van der Waals surface area contributed by atoms with E-state index >= 15 is 0 Å². The van der Waals surface area contributed by atoms with Gasteiger partial charge in [0.25, 0.3) is 0 Å². The molecule has 17 nitrogen and oxygen atoms in total. The second kappa shape index (κ2) is 30.9. The van der Waals surface area contributed by atoms with Crippen LogP contribution in [0.5, 0.6) is 0 Å². The standard InChI is InChI=1S/C64H107BrN3O14P/c1-17-52-64(11,74)58(82-61(72)66-36-30-22-20-18-19-21-23-31-37-83(16,65,49-32-26-24-27-33-49)50-34-28-25-29-35-50)46(6)68(14)41-42(2)39-62(9,73)57(81-60-55(78-48(8)69)51(67(12)13)38-43(3)76-60)44(4)54(45(5)59(71)79-52)80-53-40-63(10,75-15)56(70)47(7)77-53/h24-29,32-35,42-47,51-58,60,70,73-74H,17-23,30-31,36-41H2,1-16H3,(H,66,72)/t42-,43-,44+,45-,46-,47+,51+,52-,53+,54+,55-,56+,57-,58-,60+,62-,63-,64-/m1/s1. The Labute approximate surface area is 505 Å². The van der Waals surface area contributed by atoms with Gasteiger partial charge in [0.2, 0.25) is 0 Å². The summed E-state index contributed by atoms with van der Waals surface area (Å²) in [5.74, 6) is -3.43. The minimum atomic E-state index is -2.52. The molecule has 5 rings (SSSR count). The fourth-order valence-corrected chi connectivity index (χ4v) is 19.1. The SMILES string of the molecule is CC[C@H]1OC(=O)[C@H](C)[C@@H](O[C@H]2C[C@@](C)(OC)[C@@H](O)[C@H](C)O2)[C@H](C)[C@@H](O[C@@H]2O[C@H](C)C[C@H](N(C)C)[C@H]2OC(C)=O)[C@](C)(O)C[C@@H](C)CN(C)[C@H](C)[C@@H](OC(=O)NCCCCCCCCCCP(C)(Br)(c2ccccc2)c2ccccc2)[C@]1(C)O. The number of hydrogen-bond acceptors (Lipinski definition) is 16. The van der Waals surface area contributed by atoms with Crippen molar-refractivity contribution >= 4 is 49.4 Å². The number of benzene rings is 2. The van der Waals surface area contributed by atoms with Gasteiger partial charge in [-0.05, 0) is 94.8 Å². The van der Waals surface area contributed by atoms with Crippen molar-refractivity contribution in [2.24, 2.45) is 17.8 Å². The molecule has 3 heterocycles. The number of esters is 2. The molecule has 0 aromatic heterocycles. The van der Waals surface area contributed by atoms with Gasteiger partial charge in [-0.1, -0.05) is 20.8 Å². The molecule has 2 aromatic carbocycles. The Morgan fingerprint density at radius 3 is 1.93 bits per heavy atom. The predicted octanol–water partition coefficient (Wildman–Crippen LogP) is 9.47. The largest absolute Gasteiger partial charge is 0.382 e. The van der Waals surface area contributed by atoms with Crippen molar-refractivity contribution in [3.8, 4) is 0 Å². The number of unbranched alkanes of at least 4 members (excludes halogenated alkanes) is 7. The number of amides is 1. The molecular formula is C64H107BrN3O14P. The smallest absolute Gasteiger partial charge is 0.137 e. The molecule has 1 amide bonds. The van der Waals surface area contributed by atoms with Crippen molar-refractivity contribution in [1.29, 1.82) is 0 Å². The number of aliphatic hydroxyl groups is 3. The molecule has 3 fully saturated rings. The zero-order valence-electron chi connectivity index (χ0n) is 53.1. The first-order valence-corrected chi connectivity index (χ1v) is 35.6. The maximum Gasteiger partial charge on any atom is 0.137 e. The Bertz CT molecular complexity index is 2280. The number of likely N-dealkylation sites (N-methyl/N-ethyl adjacent to an activating group) is 2. The summed E-state index contributed by atoms with van der Waals surface area (Å²) in [4.78, 5) is 45.5. The number of alkyl carbamates (subject to hydrolysis) is 1. The number of ether oxygens (including phenoxy) is 8. The molecular weight excluding hydrogens is 1150 g/mol. The van der Waals surface area contributed by atoms with Crippen LogP contribution in [0.1, 0.15) is 153 Å². The summed E-state index contributed by atoms with van der Waals surface area (Å²) < 4.78 is 51.1. The number of hydrogen-bond donors (Lipinski definition) is 4. The van der Waals surface area contributed by atoms with Gasteiger partial charge in [0.1, 0.15) is 17.8 Å². The van der Waals surface area contributed by atoms with E-state index in [1.54, 1.807) is 41.5 Å². The normalized spacial score (nSPS) is 35.9. The molecule has 3 aliphatic rings. The van der Waals surface area contributed by atoms with E-state index in [-0.39, 0.29) is 37.3 Å². The minimum Gasteiger partial charge on any atom is -0.382 e. The molecule has 3 saturated heterocycles. The van der Waals surface area contributed by atoms with Crippen molar-refractivity contribution in [2.75, 3.05) is 54.2 Å². The Kier molecular flexibility index (Phi) is 26.4. The van der Waals surface area contributed by atoms with Crippen molar-refractivity contribution in [3.63, 3.8) is 0 Å². The van der Waals surface area contributed by atoms with Crippen LogP contribution in [0.25, 0.3) is 0 Å². The number of nitrogens with zero attached hydrogens (tertiary/aromatic N) is 2. The fraction of sp³-hybridized carbons (Fsp3) is 0.766. The molecule has 0 aliphatic carbocycles. The first kappa shape index (κ1) is 70.9. The summed E-state index contributed by atoms with van der Waals surface area (Å²) in [7, 11) is 7.18. The summed E-state index contributed by atoms with van der Waals surface area (Å²) in [6, 6.07) is 20.8. The van der Waals surface area contributed by atoms with Crippen molar-refractivity contribution < 1.29 is 67.6 Å². The third kappa shape index (κ3) is 18.4. The zero-order chi connectivity index (χ0) is 61.7. The number of aliphatic hydroxyl groups excluding tert-OH is 1. The van der Waals surface area contributed by atoms with Gasteiger partial charge < -0.3 is 58.1 Å². The monoisotopic (exact) mass is 1250 g/mol. The summed E-state index contributed by atoms with van der Waals surface area (Å²) in [5.41, 5.74) is -4.65. The van der Waals surface area contributed by atoms with Crippen LogP contribution in [-0.4, -0.2) is 188 Å². The van der Waals surface area contributed by atoms with Crippen LogP contribution < -0.4 is 15.9 Å². The Morgan fingerprint density at radius 1 is 0.819 bits per heavy atom. The van der Waals surface area contributed by atoms with Gasteiger partial charge >= 0.3 is 186 Å². The average molecular weight is 1250 g/mol. The Balaban J connectivity index is 1.32. The van der Waals surface area contributed by atoms with Crippen molar-refractivity contribution in [3.05, 3.63) is 60.7 Å². The number of carbonyl (C=O) groups excluding carboxylic acids is 3. The van der Waals surface area contributed by atoms with E-state index in [4.69, 9.17) is 37.9 Å². The van der Waals surface area contributed by atoms with Crippen molar-refractivity contribution in [2.45, 2.75) is 244 Å². The second-order valence-corrected chi connectivity index (χ2v) is 36.5. The molecule has 0 saturated carbocycles. The fourth-order valence-electron chi connectivity index (χ4n) is 13.3. The van der Waals surface area contributed by atoms with E-state index in [2.05, 4.69) is 88.1 Å². The summed E-state index contributed by atoms with van der Waals surface area (Å²) >= 11 is 4.38. The zero-order valence-corrected chi connectivity index (χ0v) is 55.6. The maximum absolute atomic E-state index is 14.9. The second-order valence-electron chi connectivity index (χ2n) is 25.9. The number of cyclic esters (lactones) is 1. The average Bonchev–Trinajstić information content (AvgIpc) is 2.39. The number of halogens is 1. The first-order valence-electron chi connectivity index (χ1n) is 30.7. The van der Waals surface area contributed by atoms with Crippen LogP contribution in [0, 0.1) is 17.8 Å². The minimum absolute atomic E-state index is 0.0872. The van der Waals surface area contributed by atoms with Gasteiger partial charge in [-0.25, -0.2) is 4.79 Å². The van der Waals surface area contributed by atoms with E-state index in [1.165, 1.54) is 24.6 Å². The van der Waals surface area contributed by atoms with E-state index in [0.29, 0.717) is 19.5 Å². The summed E-state index contributed by atoms with van der Waals surface area (Å²) in [6.45, 7) is 22.3. The molecule has 0 unspecified atom stereocenters. The number of nitrogens with one attached hydrogen (secondary N) is 1. The molecule has 2 aromatic rings. The number of carbonyl (C=O) groups is 3. The molecule has 474 valence electrons. The van der Waals surface area contributed by atoms with Crippen LogP contribution in [0.3, 0.4) is 0 Å². The van der Waals surface area contributed by atoms with Crippen LogP contribution in [0.4, 0.5) is 4.79 Å². The maximum atomic E-state index is 14.9. The molecule has 0 bridgehead atoms. The van der Waals surface area contributed by atoms with E-state index in [9.17, 15) is 29.7 Å². The Hall–Kier alpha value is -2.84. The molecule has 83 heavy (non-hydrogen) atoms. The van der Waals surface area contributed by atoms with Gasteiger partial charge in [-0.3, -0.25) is 14.5 Å². The first-order chi connectivity index (χ1) is 38.9. The van der Waals surface area contributed by atoms with E-state index in [0.717, 1.165) is 57.5 Å². The molecule has 18 atom stereocenters. The molecule has 0 radical (unpaired) electrons. The van der Waals surface area contributed by atoms with Gasteiger partial charge in [0, 0.05) is 39.0 Å². The molecule has 0 spiro atoms. The van der Waals surface area contributed by atoms with Crippen LogP contribution in [-0.2, 0) is 47.5 Å². The Morgan fingerprint density at radius 2 is 1.39 bits per heavy atom. The van der Waals surface area contributed by atoms with Crippen molar-refractivity contribution in [1.82, 2.24) is 15.1 Å². The van der Waals surface area contributed by atoms with Crippen LogP contribution in [0.15, 0.2) is 60.7 Å². The number of rotatable bonds is 22. The van der Waals surface area contributed by atoms with Gasteiger partial charge in [0.15, 0.2) is 24.8 Å². The third-order valence-corrected chi connectivity index (χ3v) is 26.6. The van der Waals surface area contributed by atoms with Gasteiger partial charge in [-0.15, -0.1) is 0 Å².